The number of aromatic nitrogens is 1. The number of amides is 1. The Morgan fingerprint density at radius 1 is 1.12 bits per heavy atom. The van der Waals surface area contributed by atoms with Crippen molar-refractivity contribution in [1.29, 1.82) is 0 Å². The predicted octanol–water partition coefficient (Wildman–Crippen LogP) is 2.58. The van der Waals surface area contributed by atoms with Crippen molar-refractivity contribution in [3.05, 3.63) is 18.3 Å². The molecule has 0 radical (unpaired) electrons. The summed E-state index contributed by atoms with van der Waals surface area (Å²) in [6.45, 7) is 9.75. The van der Waals surface area contributed by atoms with Crippen LogP contribution in [0.3, 0.4) is 0 Å². The molecule has 0 N–H and O–H groups in total. The highest BCUT2D eigenvalue weighted by Crippen LogP contribution is 2.23. The molecule has 1 aromatic heterocycles. The van der Waals surface area contributed by atoms with Crippen molar-refractivity contribution in [1.82, 2.24) is 14.2 Å². The summed E-state index contributed by atoms with van der Waals surface area (Å²) in [6.07, 6.45) is 4.31. The van der Waals surface area contributed by atoms with Gasteiger partial charge in [0.05, 0.1) is 24.7 Å². The summed E-state index contributed by atoms with van der Waals surface area (Å²) in [6, 6.07) is 3.85. The summed E-state index contributed by atoms with van der Waals surface area (Å²) < 4.78 is 36.7. The number of piperidine rings is 1. The number of hydrogen-bond donors (Lipinski definition) is 0. The Balaban J connectivity index is 1.37. The van der Waals surface area contributed by atoms with Crippen LogP contribution < -0.4 is 9.64 Å². The van der Waals surface area contributed by atoms with E-state index in [1.165, 1.54) is 0 Å². The number of likely N-dealkylation sites (tertiary alicyclic amines) is 1. The summed E-state index contributed by atoms with van der Waals surface area (Å²) in [5.41, 5.74) is 0. The molecule has 1 aromatic rings. The van der Waals surface area contributed by atoms with E-state index in [0.29, 0.717) is 38.7 Å². The van der Waals surface area contributed by atoms with Gasteiger partial charge in [0.2, 0.25) is 10.0 Å². The zero-order valence-electron chi connectivity index (χ0n) is 19.4. The number of hydrogen-bond acceptors (Lipinski definition) is 7. The van der Waals surface area contributed by atoms with E-state index in [0.717, 1.165) is 43.9 Å². The molecule has 0 saturated carbocycles. The van der Waals surface area contributed by atoms with Crippen molar-refractivity contribution < 1.29 is 22.7 Å². The number of pyridine rings is 1. The average Bonchev–Trinajstić information content (AvgIpc) is 2.79. The molecule has 3 heterocycles. The largest absolute Gasteiger partial charge is 0.492 e. The Morgan fingerprint density at radius 2 is 1.81 bits per heavy atom. The highest BCUT2D eigenvalue weighted by molar-refractivity contribution is 7.89. The molecule has 180 valence electrons. The number of sulfonamides is 1. The van der Waals surface area contributed by atoms with Gasteiger partial charge in [0.15, 0.2) is 0 Å². The van der Waals surface area contributed by atoms with Crippen LogP contribution in [-0.2, 0) is 14.8 Å². The van der Waals surface area contributed by atoms with Gasteiger partial charge in [0, 0.05) is 39.3 Å². The number of piperazine rings is 1. The quantitative estimate of drug-likeness (QED) is 0.579. The predicted molar refractivity (Wildman–Crippen MR) is 124 cm³/mol. The number of nitrogens with zero attached hydrogens (tertiary/aromatic N) is 4. The van der Waals surface area contributed by atoms with E-state index in [2.05, 4.69) is 9.88 Å². The first-order valence-corrected chi connectivity index (χ1v) is 13.2. The van der Waals surface area contributed by atoms with Gasteiger partial charge >= 0.3 is 6.09 Å². The lowest BCUT2D eigenvalue weighted by atomic mass is 9.94. The molecule has 0 spiro atoms. The van der Waals surface area contributed by atoms with Gasteiger partial charge < -0.3 is 19.3 Å². The molecule has 2 saturated heterocycles. The molecule has 0 aliphatic carbocycles. The van der Waals surface area contributed by atoms with Gasteiger partial charge in [-0.1, -0.05) is 0 Å². The summed E-state index contributed by atoms with van der Waals surface area (Å²) in [5.74, 6) is 2.26. The summed E-state index contributed by atoms with van der Waals surface area (Å²) in [5, 5.41) is 0. The minimum atomic E-state index is -3.12. The van der Waals surface area contributed by atoms with E-state index in [-0.39, 0.29) is 18.0 Å². The molecule has 0 aromatic carbocycles. The van der Waals surface area contributed by atoms with Crippen LogP contribution in [0.2, 0.25) is 0 Å². The molecule has 2 aliphatic rings. The minimum absolute atomic E-state index is 0.0876. The molecule has 10 heteroatoms. The highest BCUT2D eigenvalue weighted by atomic mass is 32.2. The van der Waals surface area contributed by atoms with Crippen LogP contribution in [0, 0.1) is 5.92 Å². The van der Waals surface area contributed by atoms with Crippen LogP contribution in [0.4, 0.5) is 10.6 Å². The summed E-state index contributed by atoms with van der Waals surface area (Å²) in [4.78, 5) is 20.4. The number of anilines is 1. The van der Waals surface area contributed by atoms with Crippen LogP contribution in [0.15, 0.2) is 18.3 Å². The molecule has 0 atom stereocenters. The molecule has 0 unspecified atom stereocenters. The van der Waals surface area contributed by atoms with Gasteiger partial charge in [-0.15, -0.1) is 0 Å². The molecule has 0 bridgehead atoms. The average molecular weight is 469 g/mol. The first kappa shape index (κ1) is 24.6. The molecular formula is C22H36N4O5S. The van der Waals surface area contributed by atoms with Gasteiger partial charge in [-0.2, -0.15) is 4.31 Å². The Hall–Kier alpha value is -2.07. The van der Waals surface area contributed by atoms with Gasteiger partial charge in [-0.3, -0.25) is 0 Å². The lowest BCUT2D eigenvalue weighted by Crippen LogP contribution is -2.49. The fourth-order valence-corrected chi connectivity index (χ4v) is 5.13. The van der Waals surface area contributed by atoms with Gasteiger partial charge in [-0.05, 0) is 58.1 Å². The van der Waals surface area contributed by atoms with Crippen LogP contribution in [0.1, 0.15) is 40.0 Å². The minimum Gasteiger partial charge on any atom is -0.492 e. The molecule has 2 fully saturated rings. The van der Waals surface area contributed by atoms with Gasteiger partial charge in [0.1, 0.15) is 11.6 Å². The van der Waals surface area contributed by atoms with Crippen LogP contribution >= 0.6 is 0 Å². The van der Waals surface area contributed by atoms with Gasteiger partial charge in [0.25, 0.3) is 0 Å². The topological polar surface area (TPSA) is 92.3 Å². The number of ether oxygens (including phenoxy) is 2. The molecule has 1 amide bonds. The standard InChI is InChI=1S/C22H36N4O5S/c1-4-32(28,29)26-14-12-24(13-15-26)21-6-5-20(17-23-21)30-16-9-19-7-10-25(11-8-19)22(27)31-18(2)3/h5-6,17-19H,4,7-16H2,1-3H3. The maximum absolute atomic E-state index is 12.0. The Labute approximate surface area is 191 Å². The van der Waals surface area contributed by atoms with Crippen molar-refractivity contribution in [3.63, 3.8) is 0 Å². The normalized spacial score (nSPS) is 18.8. The van der Waals surface area contributed by atoms with Crippen LogP contribution in [0.5, 0.6) is 5.75 Å². The molecule has 9 nitrogen and oxygen atoms in total. The third kappa shape index (κ3) is 6.71. The molecular weight excluding hydrogens is 432 g/mol. The Kier molecular flexibility index (Phi) is 8.58. The lowest BCUT2D eigenvalue weighted by molar-refractivity contribution is 0.0637. The number of rotatable bonds is 8. The Bertz CT molecular complexity index is 830. The molecule has 2 aliphatic heterocycles. The SMILES string of the molecule is CCS(=O)(=O)N1CCN(c2ccc(OCCC3CCN(C(=O)OC(C)C)CC3)cn2)CC1. The third-order valence-corrected chi connectivity index (χ3v) is 7.93. The smallest absolute Gasteiger partial charge is 0.410 e. The third-order valence-electron chi connectivity index (χ3n) is 6.05. The fraction of sp³-hybridized carbons (Fsp3) is 0.727. The first-order valence-electron chi connectivity index (χ1n) is 11.6. The van der Waals surface area contributed by atoms with E-state index in [1.807, 2.05) is 26.0 Å². The second-order valence-corrected chi connectivity index (χ2v) is 10.9. The monoisotopic (exact) mass is 468 g/mol. The van der Waals surface area contributed by atoms with Crippen molar-refractivity contribution in [3.8, 4) is 5.75 Å². The molecule has 32 heavy (non-hydrogen) atoms. The van der Waals surface area contributed by atoms with Crippen molar-refractivity contribution in [2.24, 2.45) is 5.92 Å². The summed E-state index contributed by atoms with van der Waals surface area (Å²) in [7, 11) is -3.12. The summed E-state index contributed by atoms with van der Waals surface area (Å²) >= 11 is 0. The zero-order valence-corrected chi connectivity index (χ0v) is 20.2. The maximum atomic E-state index is 12.0. The first-order chi connectivity index (χ1) is 15.3. The fourth-order valence-electron chi connectivity index (χ4n) is 4.05. The number of carbonyl (C=O) groups is 1. The van der Waals surface area contributed by atoms with Crippen molar-refractivity contribution in [2.45, 2.75) is 46.1 Å². The second kappa shape index (κ2) is 11.2. The van der Waals surface area contributed by atoms with Gasteiger partial charge in [-0.25, -0.2) is 18.2 Å². The molecule has 3 rings (SSSR count). The Morgan fingerprint density at radius 3 is 2.38 bits per heavy atom. The number of carbonyl (C=O) groups excluding carboxylic acids is 1. The highest BCUT2D eigenvalue weighted by Gasteiger charge is 2.26. The van der Waals surface area contributed by atoms with Crippen molar-refractivity contribution >= 4 is 21.9 Å². The lowest BCUT2D eigenvalue weighted by Gasteiger charge is -2.34. The zero-order chi connectivity index (χ0) is 23.1. The van der Waals surface area contributed by atoms with Crippen LogP contribution in [-0.4, -0.2) is 86.4 Å². The van der Waals surface area contributed by atoms with E-state index in [4.69, 9.17) is 9.47 Å². The van der Waals surface area contributed by atoms with E-state index in [1.54, 1.807) is 22.3 Å². The second-order valence-electron chi connectivity index (χ2n) is 8.64. The van der Waals surface area contributed by atoms with Crippen LogP contribution in [0.25, 0.3) is 0 Å². The van der Waals surface area contributed by atoms with E-state index in [9.17, 15) is 13.2 Å². The maximum Gasteiger partial charge on any atom is 0.410 e. The van der Waals surface area contributed by atoms with E-state index < -0.39 is 10.0 Å². The van der Waals surface area contributed by atoms with E-state index >= 15 is 0 Å². The van der Waals surface area contributed by atoms with Crippen molar-refractivity contribution in [2.75, 3.05) is 56.5 Å².